The third-order valence-corrected chi connectivity index (χ3v) is 3.84. The monoisotopic (exact) mass is 352 g/mol. The van der Waals surface area contributed by atoms with E-state index >= 15 is 0 Å². The first-order chi connectivity index (χ1) is 12.5. The predicted molar refractivity (Wildman–Crippen MR) is 103 cm³/mol. The molecular weight excluding hydrogens is 328 g/mol. The molecule has 0 radical (unpaired) electrons. The van der Waals surface area contributed by atoms with Crippen LogP contribution in [0.2, 0.25) is 0 Å². The summed E-state index contributed by atoms with van der Waals surface area (Å²) in [5.41, 5.74) is 2.92. The minimum Gasteiger partial charge on any atom is -0.497 e. The van der Waals surface area contributed by atoms with E-state index in [2.05, 4.69) is 11.2 Å². The lowest BCUT2D eigenvalue weighted by atomic mass is 10.1. The molecule has 0 fully saturated rings. The molecule has 2 rings (SSSR count). The fourth-order valence-corrected chi connectivity index (χ4v) is 2.53. The van der Waals surface area contributed by atoms with Gasteiger partial charge in [-0.05, 0) is 12.5 Å². The van der Waals surface area contributed by atoms with Crippen LogP contribution in [0.15, 0.2) is 42.5 Å². The number of rotatable bonds is 8. The lowest BCUT2D eigenvalue weighted by Crippen LogP contribution is -2.33. The maximum atomic E-state index is 12.4. The highest BCUT2D eigenvalue weighted by Gasteiger charge is 2.12. The highest BCUT2D eigenvalue weighted by atomic mass is 16.5. The summed E-state index contributed by atoms with van der Waals surface area (Å²) in [6, 6.07) is 13.4. The number of nitrogens with one attached hydrogen (secondary N) is 1. The first-order valence-electron chi connectivity index (χ1n) is 8.28. The molecule has 0 heterocycles. The van der Waals surface area contributed by atoms with E-state index in [1.54, 1.807) is 32.4 Å². The van der Waals surface area contributed by atoms with E-state index in [4.69, 9.17) is 15.9 Å². The summed E-state index contributed by atoms with van der Waals surface area (Å²) in [4.78, 5) is 14.4. The Morgan fingerprint density at radius 2 is 1.73 bits per heavy atom. The minimum atomic E-state index is -0.150. The zero-order valence-corrected chi connectivity index (χ0v) is 15.4. The van der Waals surface area contributed by atoms with Crippen molar-refractivity contribution in [2.24, 2.45) is 0 Å². The zero-order chi connectivity index (χ0) is 18.9. The maximum Gasteiger partial charge on any atom is 0.238 e. The number of hydrogen-bond acceptors (Lipinski definition) is 4. The molecule has 0 saturated heterocycles. The molecule has 26 heavy (non-hydrogen) atoms. The highest BCUT2D eigenvalue weighted by Crippen LogP contribution is 2.25. The van der Waals surface area contributed by atoms with Crippen LogP contribution < -0.4 is 14.8 Å². The minimum absolute atomic E-state index is 0.150. The molecule has 0 atom stereocenters. The van der Waals surface area contributed by atoms with Crippen LogP contribution in [0.1, 0.15) is 11.1 Å². The lowest BCUT2D eigenvalue weighted by Gasteiger charge is -2.19. The first kappa shape index (κ1) is 19.4. The van der Waals surface area contributed by atoms with Gasteiger partial charge in [-0.3, -0.25) is 9.69 Å². The quantitative estimate of drug-likeness (QED) is 0.742. The molecule has 0 unspecified atom stereocenters. The van der Waals surface area contributed by atoms with Gasteiger partial charge >= 0.3 is 0 Å². The molecule has 136 valence electrons. The molecule has 0 aliphatic carbocycles. The van der Waals surface area contributed by atoms with E-state index in [1.165, 1.54) is 5.56 Å². The second-order valence-corrected chi connectivity index (χ2v) is 5.98. The van der Waals surface area contributed by atoms with Crippen molar-refractivity contribution in [3.8, 4) is 23.8 Å². The fourth-order valence-electron chi connectivity index (χ4n) is 2.53. The molecule has 0 aliphatic heterocycles. The van der Waals surface area contributed by atoms with Gasteiger partial charge < -0.3 is 14.8 Å². The number of terminal acetylenes is 1. The maximum absolute atomic E-state index is 12.4. The molecule has 0 bridgehead atoms. The van der Waals surface area contributed by atoms with E-state index < -0.39 is 0 Å². The molecule has 1 N–H and O–H groups in total. The van der Waals surface area contributed by atoms with Gasteiger partial charge in [0, 0.05) is 30.4 Å². The van der Waals surface area contributed by atoms with Crippen molar-refractivity contribution in [1.29, 1.82) is 0 Å². The van der Waals surface area contributed by atoms with Crippen molar-refractivity contribution >= 4 is 11.6 Å². The predicted octanol–water partition coefficient (Wildman–Crippen LogP) is 3.09. The number of amides is 1. The van der Waals surface area contributed by atoms with Gasteiger partial charge in [0.05, 0.1) is 27.3 Å². The van der Waals surface area contributed by atoms with Crippen LogP contribution in [0.5, 0.6) is 11.5 Å². The second-order valence-electron chi connectivity index (χ2n) is 5.98. The third-order valence-electron chi connectivity index (χ3n) is 3.84. The molecule has 2 aromatic rings. The van der Waals surface area contributed by atoms with Gasteiger partial charge in [0.2, 0.25) is 5.91 Å². The summed E-state index contributed by atoms with van der Waals surface area (Å²) in [6.07, 6.45) is 5.45. The van der Waals surface area contributed by atoms with E-state index in [0.29, 0.717) is 30.3 Å². The summed E-state index contributed by atoms with van der Waals surface area (Å²) in [7, 11) is 3.13. The molecule has 0 aliphatic rings. The van der Waals surface area contributed by atoms with E-state index in [-0.39, 0.29) is 12.5 Å². The van der Waals surface area contributed by atoms with E-state index in [0.717, 1.165) is 5.56 Å². The number of aryl methyl sites for hydroxylation is 1. The Kier molecular flexibility index (Phi) is 7.07. The zero-order valence-electron chi connectivity index (χ0n) is 15.4. The number of nitrogens with zero attached hydrogens (tertiary/aromatic N) is 1. The van der Waals surface area contributed by atoms with Crippen LogP contribution in [0.4, 0.5) is 5.69 Å². The van der Waals surface area contributed by atoms with Crippen LogP contribution >= 0.6 is 0 Å². The lowest BCUT2D eigenvalue weighted by molar-refractivity contribution is -0.117. The molecule has 0 spiro atoms. The third kappa shape index (κ3) is 5.83. The molecular formula is C21H24N2O3. The van der Waals surface area contributed by atoms with Crippen LogP contribution in [-0.4, -0.2) is 38.1 Å². The van der Waals surface area contributed by atoms with Crippen molar-refractivity contribution in [2.75, 3.05) is 32.6 Å². The SMILES string of the molecule is C#CCN(CC(=O)Nc1cc(OC)cc(OC)c1)Cc1ccc(C)cc1. The van der Waals surface area contributed by atoms with Crippen LogP contribution in [0.3, 0.4) is 0 Å². The Hall–Kier alpha value is -2.97. The van der Waals surface area contributed by atoms with Crippen LogP contribution in [-0.2, 0) is 11.3 Å². The van der Waals surface area contributed by atoms with Gasteiger partial charge in [-0.2, -0.15) is 0 Å². The fraction of sp³-hybridized carbons (Fsp3) is 0.286. The Balaban J connectivity index is 2.03. The van der Waals surface area contributed by atoms with Gasteiger partial charge in [0.15, 0.2) is 0 Å². The molecule has 5 heteroatoms. The molecule has 0 saturated carbocycles. The molecule has 0 aromatic heterocycles. The Labute approximate surface area is 154 Å². The van der Waals surface area contributed by atoms with Crippen LogP contribution in [0, 0.1) is 19.3 Å². The van der Waals surface area contributed by atoms with Crippen LogP contribution in [0.25, 0.3) is 0 Å². The average Bonchev–Trinajstić information content (AvgIpc) is 2.63. The van der Waals surface area contributed by atoms with E-state index in [1.807, 2.05) is 36.1 Å². The number of benzene rings is 2. The summed E-state index contributed by atoms with van der Waals surface area (Å²) < 4.78 is 10.4. The van der Waals surface area contributed by atoms with E-state index in [9.17, 15) is 4.79 Å². The van der Waals surface area contributed by atoms with Crippen molar-refractivity contribution < 1.29 is 14.3 Å². The van der Waals surface area contributed by atoms with Crippen molar-refractivity contribution in [1.82, 2.24) is 4.90 Å². The highest BCUT2D eigenvalue weighted by molar-refractivity contribution is 5.92. The molecule has 5 nitrogen and oxygen atoms in total. The normalized spacial score (nSPS) is 10.3. The number of carbonyl (C=O) groups excluding carboxylic acids is 1. The number of ether oxygens (including phenoxy) is 2. The van der Waals surface area contributed by atoms with Gasteiger partial charge in [-0.15, -0.1) is 6.42 Å². The summed E-state index contributed by atoms with van der Waals surface area (Å²) in [5.74, 6) is 3.68. The smallest absolute Gasteiger partial charge is 0.238 e. The van der Waals surface area contributed by atoms with Gasteiger partial charge in [-0.25, -0.2) is 0 Å². The summed E-state index contributed by atoms with van der Waals surface area (Å²) in [6.45, 7) is 3.23. The summed E-state index contributed by atoms with van der Waals surface area (Å²) >= 11 is 0. The van der Waals surface area contributed by atoms with Crippen molar-refractivity contribution in [3.05, 3.63) is 53.6 Å². The standard InChI is InChI=1S/C21H24N2O3/c1-5-10-23(14-17-8-6-16(2)7-9-17)15-21(24)22-18-11-19(25-3)13-20(12-18)26-4/h1,6-9,11-13H,10,14-15H2,2-4H3,(H,22,24). The number of anilines is 1. The van der Waals surface area contributed by atoms with Gasteiger partial charge in [-0.1, -0.05) is 35.7 Å². The average molecular weight is 352 g/mol. The Morgan fingerprint density at radius 1 is 1.12 bits per heavy atom. The largest absolute Gasteiger partial charge is 0.497 e. The van der Waals surface area contributed by atoms with Crippen molar-refractivity contribution in [3.63, 3.8) is 0 Å². The number of hydrogen-bond donors (Lipinski definition) is 1. The topological polar surface area (TPSA) is 50.8 Å². The Bertz CT molecular complexity index is 757. The number of carbonyl (C=O) groups is 1. The second kappa shape index (κ2) is 9.50. The van der Waals surface area contributed by atoms with Crippen molar-refractivity contribution in [2.45, 2.75) is 13.5 Å². The van der Waals surface area contributed by atoms with Gasteiger partial charge in [0.25, 0.3) is 0 Å². The molecule has 1 amide bonds. The molecule has 2 aromatic carbocycles. The Morgan fingerprint density at radius 3 is 2.27 bits per heavy atom. The van der Waals surface area contributed by atoms with Gasteiger partial charge in [0.1, 0.15) is 11.5 Å². The number of methoxy groups -OCH3 is 2. The summed E-state index contributed by atoms with van der Waals surface area (Å²) in [5, 5.41) is 2.87. The first-order valence-corrected chi connectivity index (χ1v) is 8.28.